The van der Waals surface area contributed by atoms with Crippen LogP contribution in [0.1, 0.15) is 20.8 Å². The molecule has 0 aromatic rings. The standard InChI is InChI=1S/C12H17N/c1-5-12-8-7-11(10(3)4)9-13(12)6-2/h5-10H,2H2,1,3-4H3/b12-5-. The Bertz CT molecular complexity index is 279. The van der Waals surface area contributed by atoms with Gasteiger partial charge in [-0.15, -0.1) is 0 Å². The maximum atomic E-state index is 3.78. The topological polar surface area (TPSA) is 3.24 Å². The van der Waals surface area contributed by atoms with Crippen molar-refractivity contribution in [1.29, 1.82) is 0 Å². The van der Waals surface area contributed by atoms with Gasteiger partial charge in [0.15, 0.2) is 0 Å². The smallest absolute Gasteiger partial charge is 0.0406 e. The molecule has 1 heteroatoms. The van der Waals surface area contributed by atoms with E-state index in [1.165, 1.54) is 11.3 Å². The Morgan fingerprint density at radius 1 is 1.38 bits per heavy atom. The molecule has 0 aromatic heterocycles. The molecule has 0 spiro atoms. The van der Waals surface area contributed by atoms with Crippen molar-refractivity contribution in [2.75, 3.05) is 0 Å². The van der Waals surface area contributed by atoms with Crippen molar-refractivity contribution < 1.29 is 0 Å². The monoisotopic (exact) mass is 175 g/mol. The number of nitrogens with zero attached hydrogens (tertiary/aromatic N) is 1. The first-order valence-electron chi connectivity index (χ1n) is 4.66. The van der Waals surface area contributed by atoms with Crippen LogP contribution in [0.3, 0.4) is 0 Å². The van der Waals surface area contributed by atoms with Gasteiger partial charge in [0, 0.05) is 18.1 Å². The van der Waals surface area contributed by atoms with E-state index in [1.807, 2.05) is 13.1 Å². The maximum Gasteiger partial charge on any atom is 0.0406 e. The fraction of sp³-hybridized carbons (Fsp3) is 0.333. The third-order valence-electron chi connectivity index (χ3n) is 2.19. The first-order chi connectivity index (χ1) is 6.19. The lowest BCUT2D eigenvalue weighted by Gasteiger charge is -2.23. The fourth-order valence-electron chi connectivity index (χ4n) is 1.29. The second-order valence-corrected chi connectivity index (χ2v) is 3.42. The largest absolute Gasteiger partial charge is 0.325 e. The highest BCUT2D eigenvalue weighted by Crippen LogP contribution is 2.21. The molecular formula is C12H17N. The van der Waals surface area contributed by atoms with Crippen molar-refractivity contribution in [3.63, 3.8) is 0 Å². The van der Waals surface area contributed by atoms with Crippen molar-refractivity contribution in [3.8, 4) is 0 Å². The first-order valence-corrected chi connectivity index (χ1v) is 4.66. The minimum atomic E-state index is 0.567. The van der Waals surface area contributed by atoms with Gasteiger partial charge in [-0.25, -0.2) is 0 Å². The van der Waals surface area contributed by atoms with Gasteiger partial charge in [0.1, 0.15) is 0 Å². The summed E-state index contributed by atoms with van der Waals surface area (Å²) in [6, 6.07) is 0. The molecule has 1 rings (SSSR count). The lowest BCUT2D eigenvalue weighted by Crippen LogP contribution is -2.12. The summed E-state index contributed by atoms with van der Waals surface area (Å²) in [6.45, 7) is 10.2. The van der Waals surface area contributed by atoms with Crippen molar-refractivity contribution in [3.05, 3.63) is 48.5 Å². The Hall–Kier alpha value is -1.24. The molecule has 1 heterocycles. The number of hydrogen-bond donors (Lipinski definition) is 0. The predicted octanol–water partition coefficient (Wildman–Crippen LogP) is 3.45. The van der Waals surface area contributed by atoms with Crippen LogP contribution >= 0.6 is 0 Å². The third kappa shape index (κ3) is 2.11. The van der Waals surface area contributed by atoms with Crippen LogP contribution in [0.5, 0.6) is 0 Å². The molecule has 0 unspecified atom stereocenters. The molecular weight excluding hydrogens is 158 g/mol. The van der Waals surface area contributed by atoms with Crippen LogP contribution in [0.25, 0.3) is 0 Å². The summed E-state index contributed by atoms with van der Waals surface area (Å²) in [4.78, 5) is 2.05. The van der Waals surface area contributed by atoms with E-state index in [0.717, 1.165) is 0 Å². The number of hydrogen-bond acceptors (Lipinski definition) is 1. The summed E-state index contributed by atoms with van der Waals surface area (Å²) in [5, 5.41) is 0. The van der Waals surface area contributed by atoms with Crippen LogP contribution in [0.4, 0.5) is 0 Å². The van der Waals surface area contributed by atoms with E-state index in [1.54, 1.807) is 0 Å². The van der Waals surface area contributed by atoms with Gasteiger partial charge in [0.2, 0.25) is 0 Å². The number of rotatable bonds is 2. The zero-order chi connectivity index (χ0) is 9.84. The van der Waals surface area contributed by atoms with Gasteiger partial charge in [0.05, 0.1) is 0 Å². The Labute approximate surface area is 80.7 Å². The SMILES string of the molecule is C=CN1C=C(C(C)C)C=C/C1=C/C. The van der Waals surface area contributed by atoms with Crippen LogP contribution in [0.2, 0.25) is 0 Å². The van der Waals surface area contributed by atoms with Crippen molar-refractivity contribution >= 4 is 0 Å². The maximum absolute atomic E-state index is 3.78. The van der Waals surface area contributed by atoms with E-state index < -0.39 is 0 Å². The molecule has 0 fully saturated rings. The van der Waals surface area contributed by atoms with Crippen LogP contribution in [0, 0.1) is 5.92 Å². The second-order valence-electron chi connectivity index (χ2n) is 3.42. The molecule has 0 atom stereocenters. The highest BCUT2D eigenvalue weighted by Gasteiger charge is 2.08. The van der Waals surface area contributed by atoms with E-state index >= 15 is 0 Å². The molecule has 0 N–H and O–H groups in total. The van der Waals surface area contributed by atoms with Gasteiger partial charge in [-0.2, -0.15) is 0 Å². The van der Waals surface area contributed by atoms with E-state index in [-0.39, 0.29) is 0 Å². The Kier molecular flexibility index (Phi) is 3.13. The van der Waals surface area contributed by atoms with E-state index in [2.05, 4.69) is 49.8 Å². The molecule has 1 aliphatic heterocycles. The molecule has 0 aromatic carbocycles. The summed E-state index contributed by atoms with van der Waals surface area (Å²) in [5.41, 5.74) is 2.52. The van der Waals surface area contributed by atoms with Crippen molar-refractivity contribution in [2.45, 2.75) is 20.8 Å². The molecule has 70 valence electrons. The van der Waals surface area contributed by atoms with Gasteiger partial charge in [-0.1, -0.05) is 32.6 Å². The predicted molar refractivity (Wildman–Crippen MR) is 57.9 cm³/mol. The molecule has 0 aliphatic carbocycles. The molecule has 0 radical (unpaired) electrons. The van der Waals surface area contributed by atoms with E-state index in [9.17, 15) is 0 Å². The fourth-order valence-corrected chi connectivity index (χ4v) is 1.29. The average molecular weight is 175 g/mol. The normalized spacial score (nSPS) is 19.5. The van der Waals surface area contributed by atoms with Crippen LogP contribution in [0.15, 0.2) is 48.5 Å². The molecule has 13 heavy (non-hydrogen) atoms. The second kappa shape index (κ2) is 4.13. The Balaban J connectivity index is 2.93. The molecule has 0 amide bonds. The van der Waals surface area contributed by atoms with Gasteiger partial charge >= 0.3 is 0 Å². The minimum Gasteiger partial charge on any atom is -0.325 e. The first kappa shape index (κ1) is 9.85. The molecule has 0 saturated heterocycles. The molecule has 1 nitrogen and oxygen atoms in total. The summed E-state index contributed by atoms with van der Waals surface area (Å²) < 4.78 is 0. The zero-order valence-electron chi connectivity index (χ0n) is 8.62. The lowest BCUT2D eigenvalue weighted by atomic mass is 10.0. The van der Waals surface area contributed by atoms with Gasteiger partial charge < -0.3 is 4.90 Å². The van der Waals surface area contributed by atoms with Gasteiger partial charge in [0.25, 0.3) is 0 Å². The van der Waals surface area contributed by atoms with Crippen molar-refractivity contribution in [2.24, 2.45) is 5.92 Å². The third-order valence-corrected chi connectivity index (χ3v) is 2.19. The van der Waals surface area contributed by atoms with Crippen molar-refractivity contribution in [1.82, 2.24) is 4.90 Å². The summed E-state index contributed by atoms with van der Waals surface area (Å²) in [5.74, 6) is 0.567. The minimum absolute atomic E-state index is 0.567. The van der Waals surface area contributed by atoms with E-state index in [0.29, 0.717) is 5.92 Å². The van der Waals surface area contributed by atoms with Crippen LogP contribution < -0.4 is 0 Å². The highest BCUT2D eigenvalue weighted by molar-refractivity contribution is 5.35. The van der Waals surface area contributed by atoms with Gasteiger partial charge in [-0.3, -0.25) is 0 Å². The molecule has 0 bridgehead atoms. The number of allylic oxidation sites excluding steroid dienone is 4. The van der Waals surface area contributed by atoms with Crippen LogP contribution in [-0.4, -0.2) is 4.90 Å². The summed E-state index contributed by atoms with van der Waals surface area (Å²) in [7, 11) is 0. The molecule has 1 aliphatic rings. The highest BCUT2D eigenvalue weighted by atomic mass is 15.1. The average Bonchev–Trinajstić information content (AvgIpc) is 2.16. The van der Waals surface area contributed by atoms with E-state index in [4.69, 9.17) is 0 Å². The Morgan fingerprint density at radius 3 is 2.54 bits per heavy atom. The lowest BCUT2D eigenvalue weighted by molar-refractivity contribution is 0.618. The quantitative estimate of drug-likeness (QED) is 0.621. The summed E-state index contributed by atoms with van der Waals surface area (Å²) in [6.07, 6.45) is 10.3. The zero-order valence-corrected chi connectivity index (χ0v) is 8.62. The summed E-state index contributed by atoms with van der Waals surface area (Å²) >= 11 is 0. The van der Waals surface area contributed by atoms with Gasteiger partial charge in [-0.05, 0) is 24.5 Å². The molecule has 0 saturated carbocycles. The van der Waals surface area contributed by atoms with Crippen LogP contribution in [-0.2, 0) is 0 Å². The Morgan fingerprint density at radius 2 is 2.08 bits per heavy atom.